The number of alkyl halides is 2. The van der Waals surface area contributed by atoms with Gasteiger partial charge in [-0.3, -0.25) is 4.70 Å². The third kappa shape index (κ3) is 2.62. The van der Waals surface area contributed by atoms with Gasteiger partial charge in [-0.25, -0.2) is 4.90 Å². The number of hydrogen-bond donors (Lipinski definition) is 0. The lowest BCUT2D eigenvalue weighted by molar-refractivity contribution is -0.323. The zero-order valence-corrected chi connectivity index (χ0v) is 6.76. The Morgan fingerprint density at radius 1 is 1.33 bits per heavy atom. The summed E-state index contributed by atoms with van der Waals surface area (Å²) in [5.74, 6) is 0. The molecule has 1 fully saturated rings. The van der Waals surface area contributed by atoms with Crippen LogP contribution in [0.1, 0.15) is 0 Å². The molecule has 0 unspecified atom stereocenters. The molecule has 0 bridgehead atoms. The largest absolute Gasteiger partial charge is 0.424 e. The van der Waals surface area contributed by atoms with Crippen LogP contribution in [0.15, 0.2) is 0 Å². The summed E-state index contributed by atoms with van der Waals surface area (Å²) < 4.78 is 34.3. The summed E-state index contributed by atoms with van der Waals surface area (Å²) in [5, 5.41) is 0. The van der Waals surface area contributed by atoms with Gasteiger partial charge in [-0.2, -0.15) is 8.78 Å². The van der Waals surface area contributed by atoms with Gasteiger partial charge in [-0.15, -0.1) is 0 Å². The Morgan fingerprint density at radius 2 is 1.83 bits per heavy atom. The van der Waals surface area contributed by atoms with Gasteiger partial charge in [0.15, 0.2) is 0 Å². The van der Waals surface area contributed by atoms with E-state index in [1.807, 2.05) is 0 Å². The summed E-state index contributed by atoms with van der Waals surface area (Å²) in [5.41, 5.74) is 0. The predicted octanol–water partition coefficient (Wildman–Crippen LogP) is 0.668. The van der Waals surface area contributed by atoms with E-state index in [1.165, 1.54) is 0 Å². The lowest BCUT2D eigenvalue weighted by Gasteiger charge is -2.31. The normalized spacial score (nSPS) is 20.2. The number of rotatable bonds is 2. The van der Waals surface area contributed by atoms with E-state index in [2.05, 4.69) is 4.74 Å². The fourth-order valence-electron chi connectivity index (χ4n) is 0.953. The summed E-state index contributed by atoms with van der Waals surface area (Å²) in [6.07, 6.45) is -3.14. The molecule has 0 saturated carbocycles. The molecule has 0 aromatic heterocycles. The van der Waals surface area contributed by atoms with Gasteiger partial charge in [0.1, 0.15) is 0 Å². The van der Waals surface area contributed by atoms with E-state index in [0.29, 0.717) is 13.2 Å². The molecular formula is C6H12F3NO2. The third-order valence-corrected chi connectivity index (χ3v) is 1.62. The Morgan fingerprint density at radius 3 is 2.25 bits per heavy atom. The van der Waals surface area contributed by atoms with Crippen LogP contribution in [0.4, 0.5) is 13.5 Å². The van der Waals surface area contributed by atoms with Gasteiger partial charge in [0.2, 0.25) is 0 Å². The molecule has 1 aliphatic rings. The Bertz CT molecular complexity index is 128. The molecule has 0 N–H and O–H groups in total. The van der Waals surface area contributed by atoms with Crippen LogP contribution in [0.2, 0.25) is 0 Å². The van der Waals surface area contributed by atoms with Crippen LogP contribution in [0.3, 0.4) is 0 Å². The molecule has 1 rings (SSSR count). The molecule has 12 heavy (non-hydrogen) atoms. The molecule has 0 atom stereocenters. The summed E-state index contributed by atoms with van der Waals surface area (Å²) in [6, 6.07) is 0. The fourth-order valence-corrected chi connectivity index (χ4v) is 0.953. The Balaban J connectivity index is 0.00000121. The minimum absolute atomic E-state index is 0. The topological polar surface area (TPSA) is 21.7 Å². The van der Waals surface area contributed by atoms with Crippen molar-refractivity contribution in [2.24, 2.45) is 0 Å². The van der Waals surface area contributed by atoms with Gasteiger partial charge in [-0.1, -0.05) is 0 Å². The molecule has 6 heteroatoms. The van der Waals surface area contributed by atoms with Crippen LogP contribution >= 0.6 is 0 Å². The van der Waals surface area contributed by atoms with E-state index in [1.54, 1.807) is 0 Å². The van der Waals surface area contributed by atoms with E-state index < -0.39 is 6.23 Å². The van der Waals surface area contributed by atoms with Crippen molar-refractivity contribution >= 4 is 0 Å². The molecule has 1 saturated heterocycles. The first-order chi connectivity index (χ1) is 5.17. The second kappa shape index (κ2) is 4.64. The monoisotopic (exact) mass is 187 g/mol. The predicted molar refractivity (Wildman–Crippen MR) is 36.9 cm³/mol. The number of morpholine rings is 1. The van der Waals surface area contributed by atoms with E-state index in [-0.39, 0.29) is 17.8 Å². The minimum Gasteiger partial charge on any atom is -0.379 e. The van der Waals surface area contributed by atoms with Crippen LogP contribution < -0.4 is 0 Å². The zero-order valence-electron chi connectivity index (χ0n) is 6.76. The van der Waals surface area contributed by atoms with Gasteiger partial charge >= 0.3 is 6.23 Å². The summed E-state index contributed by atoms with van der Waals surface area (Å²) in [4.78, 5) is 0.955. The molecule has 3 nitrogen and oxygen atoms in total. The van der Waals surface area contributed by atoms with Gasteiger partial charge in [0.05, 0.1) is 13.2 Å². The molecule has 0 aliphatic carbocycles. The number of ether oxygens (including phenoxy) is 2. The van der Waals surface area contributed by atoms with Crippen molar-refractivity contribution in [3.05, 3.63) is 0 Å². The van der Waals surface area contributed by atoms with E-state index in [0.717, 1.165) is 12.0 Å². The quantitative estimate of drug-likeness (QED) is 0.593. The highest BCUT2D eigenvalue weighted by molar-refractivity contribution is 4.64. The van der Waals surface area contributed by atoms with Crippen molar-refractivity contribution in [3.8, 4) is 0 Å². The first kappa shape index (κ1) is 11.7. The smallest absolute Gasteiger partial charge is 0.379 e. The molecular weight excluding hydrogens is 175 g/mol. The van der Waals surface area contributed by atoms with E-state index >= 15 is 0 Å². The maximum atomic E-state index is 12.7. The molecule has 0 spiro atoms. The zero-order chi connectivity index (χ0) is 8.32. The van der Waals surface area contributed by atoms with Crippen LogP contribution in [0.25, 0.3) is 0 Å². The van der Waals surface area contributed by atoms with Crippen LogP contribution in [-0.2, 0) is 9.47 Å². The van der Waals surface area contributed by atoms with Crippen molar-refractivity contribution < 1.29 is 23.0 Å². The molecule has 74 valence electrons. The minimum atomic E-state index is -3.14. The van der Waals surface area contributed by atoms with E-state index in [9.17, 15) is 8.78 Å². The molecule has 0 aromatic rings. The van der Waals surface area contributed by atoms with Crippen LogP contribution in [-0.4, -0.2) is 44.5 Å². The molecule has 0 amide bonds. The number of nitrogens with zero attached hydrogens (tertiary/aromatic N) is 1. The summed E-state index contributed by atoms with van der Waals surface area (Å²) in [7, 11) is 0.995. The number of hydrogen-bond acceptors (Lipinski definition) is 3. The highest BCUT2D eigenvalue weighted by atomic mass is 19.3. The van der Waals surface area contributed by atoms with Gasteiger partial charge in [-0.05, 0) is 0 Å². The van der Waals surface area contributed by atoms with Gasteiger partial charge in [0.25, 0.3) is 0 Å². The van der Waals surface area contributed by atoms with Crippen LogP contribution in [0.5, 0.6) is 0 Å². The molecule has 1 heterocycles. The van der Waals surface area contributed by atoms with Crippen LogP contribution in [0, 0.1) is 0 Å². The Labute approximate surface area is 68.6 Å². The van der Waals surface area contributed by atoms with Crippen molar-refractivity contribution in [1.29, 1.82) is 0 Å². The highest BCUT2D eigenvalue weighted by Gasteiger charge is 2.37. The third-order valence-electron chi connectivity index (χ3n) is 1.62. The lowest BCUT2D eigenvalue weighted by Crippen LogP contribution is -2.49. The van der Waals surface area contributed by atoms with Crippen molar-refractivity contribution in [3.63, 3.8) is 0 Å². The number of methoxy groups -OCH3 is 1. The van der Waals surface area contributed by atoms with Crippen molar-refractivity contribution in [1.82, 2.24) is 4.90 Å². The second-order valence-electron chi connectivity index (χ2n) is 2.29. The van der Waals surface area contributed by atoms with Crippen molar-refractivity contribution in [2.75, 3.05) is 33.4 Å². The average molecular weight is 187 g/mol. The molecule has 0 radical (unpaired) electrons. The first-order valence-corrected chi connectivity index (χ1v) is 3.42. The fraction of sp³-hybridized carbons (Fsp3) is 1.00. The standard InChI is InChI=1S/C6H11F2NO2.FH/c1-10-6(7,8)9-2-4-11-5-3-9;/h2-5H2,1H3;1H. The van der Waals surface area contributed by atoms with E-state index in [4.69, 9.17) is 4.74 Å². The van der Waals surface area contributed by atoms with Gasteiger partial charge in [0, 0.05) is 20.2 Å². The summed E-state index contributed by atoms with van der Waals surface area (Å²) in [6.45, 7) is 1.14. The molecule has 0 aromatic carbocycles. The lowest BCUT2D eigenvalue weighted by atomic mass is 10.4. The Hall–Kier alpha value is -0.330. The first-order valence-electron chi connectivity index (χ1n) is 3.42. The maximum Gasteiger partial charge on any atom is 0.424 e. The highest BCUT2D eigenvalue weighted by Crippen LogP contribution is 2.20. The van der Waals surface area contributed by atoms with Gasteiger partial charge < -0.3 is 9.47 Å². The average Bonchev–Trinajstić information content (AvgIpc) is 2.06. The van der Waals surface area contributed by atoms with Crippen molar-refractivity contribution in [2.45, 2.75) is 6.23 Å². The molecule has 1 aliphatic heterocycles. The SMILES string of the molecule is COC(F)(F)N1CCOCC1.F. The maximum absolute atomic E-state index is 12.7. The second-order valence-corrected chi connectivity index (χ2v) is 2.29. The summed E-state index contributed by atoms with van der Waals surface area (Å²) >= 11 is 0. The number of halogens is 3. The Kier molecular flexibility index (Phi) is 4.51.